The Balaban J connectivity index is 2.32. The van der Waals surface area contributed by atoms with Crippen molar-refractivity contribution in [2.75, 3.05) is 0 Å². The molecule has 1 aliphatic carbocycles. The van der Waals surface area contributed by atoms with Crippen LogP contribution in [-0.4, -0.2) is 0 Å². The fourth-order valence-corrected chi connectivity index (χ4v) is 2.96. The number of nitrogens with two attached hydrogens (primary N) is 1. The first-order valence-corrected chi connectivity index (χ1v) is 6.45. The molecule has 2 heteroatoms. The summed E-state index contributed by atoms with van der Waals surface area (Å²) in [5.74, 6) is 1.27. The molecule has 0 bridgehead atoms. The lowest BCUT2D eigenvalue weighted by Gasteiger charge is -2.42. The van der Waals surface area contributed by atoms with Gasteiger partial charge in [0.1, 0.15) is 0 Å². The molecule has 0 saturated heterocycles. The highest BCUT2D eigenvalue weighted by molar-refractivity contribution is 6.30. The average Bonchev–Trinajstić information content (AvgIpc) is 2.25. The van der Waals surface area contributed by atoms with Gasteiger partial charge in [-0.2, -0.15) is 0 Å². The molecule has 2 rings (SSSR count). The van der Waals surface area contributed by atoms with E-state index in [0.29, 0.717) is 5.92 Å². The smallest absolute Gasteiger partial charge is 0.0438 e. The lowest BCUT2D eigenvalue weighted by Crippen LogP contribution is -2.47. The summed E-state index contributed by atoms with van der Waals surface area (Å²) in [7, 11) is 0. The molecular formula is C14H20ClN. The Morgan fingerprint density at radius 2 is 1.81 bits per heavy atom. The van der Waals surface area contributed by atoms with Gasteiger partial charge in [0.15, 0.2) is 0 Å². The van der Waals surface area contributed by atoms with Crippen molar-refractivity contribution < 1.29 is 0 Å². The molecule has 0 aliphatic heterocycles. The van der Waals surface area contributed by atoms with Gasteiger partial charge in [0.2, 0.25) is 0 Å². The Hall–Kier alpha value is -0.530. The Kier molecular flexibility index (Phi) is 3.27. The molecule has 3 atom stereocenters. The molecule has 1 aromatic rings. The van der Waals surface area contributed by atoms with Crippen LogP contribution in [0, 0.1) is 11.8 Å². The van der Waals surface area contributed by atoms with Crippen molar-refractivity contribution in [1.29, 1.82) is 0 Å². The van der Waals surface area contributed by atoms with E-state index in [9.17, 15) is 0 Å². The summed E-state index contributed by atoms with van der Waals surface area (Å²) in [5, 5.41) is 0.781. The van der Waals surface area contributed by atoms with Crippen LogP contribution in [0.4, 0.5) is 0 Å². The van der Waals surface area contributed by atoms with Gasteiger partial charge in [0, 0.05) is 10.6 Å². The van der Waals surface area contributed by atoms with Crippen LogP contribution in [0.2, 0.25) is 5.02 Å². The second-order valence-electron chi connectivity index (χ2n) is 5.33. The van der Waals surface area contributed by atoms with E-state index in [1.807, 2.05) is 12.1 Å². The highest BCUT2D eigenvalue weighted by atomic mass is 35.5. The molecule has 2 N–H and O–H groups in total. The zero-order valence-corrected chi connectivity index (χ0v) is 10.8. The van der Waals surface area contributed by atoms with E-state index < -0.39 is 0 Å². The van der Waals surface area contributed by atoms with Crippen LogP contribution in [0.5, 0.6) is 0 Å². The van der Waals surface area contributed by atoms with Crippen LogP contribution in [-0.2, 0) is 5.54 Å². The van der Waals surface area contributed by atoms with E-state index >= 15 is 0 Å². The maximum atomic E-state index is 6.62. The maximum absolute atomic E-state index is 6.62. The monoisotopic (exact) mass is 237 g/mol. The van der Waals surface area contributed by atoms with Crippen LogP contribution in [0.15, 0.2) is 24.3 Å². The van der Waals surface area contributed by atoms with Gasteiger partial charge in [-0.15, -0.1) is 0 Å². The van der Waals surface area contributed by atoms with E-state index in [0.717, 1.165) is 17.4 Å². The quantitative estimate of drug-likeness (QED) is 0.787. The Labute approximate surface area is 103 Å². The molecule has 16 heavy (non-hydrogen) atoms. The molecule has 0 spiro atoms. The Bertz CT molecular complexity index is 360. The zero-order valence-electron chi connectivity index (χ0n) is 10.0. The number of halogens is 1. The molecule has 0 aromatic heterocycles. The van der Waals surface area contributed by atoms with Crippen molar-refractivity contribution in [3.05, 3.63) is 34.9 Å². The molecule has 1 saturated carbocycles. The van der Waals surface area contributed by atoms with Gasteiger partial charge in [-0.1, -0.05) is 44.0 Å². The van der Waals surface area contributed by atoms with Crippen LogP contribution in [0.1, 0.15) is 38.7 Å². The van der Waals surface area contributed by atoms with E-state index in [4.69, 9.17) is 17.3 Å². The number of hydrogen-bond donors (Lipinski definition) is 1. The van der Waals surface area contributed by atoms with Gasteiger partial charge < -0.3 is 5.73 Å². The van der Waals surface area contributed by atoms with Gasteiger partial charge >= 0.3 is 0 Å². The van der Waals surface area contributed by atoms with Gasteiger partial charge in [-0.3, -0.25) is 0 Å². The predicted octanol–water partition coefficient (Wildman–Crippen LogP) is 3.95. The van der Waals surface area contributed by atoms with Crippen LogP contribution >= 0.6 is 11.6 Å². The fourth-order valence-electron chi connectivity index (χ4n) is 2.83. The first-order chi connectivity index (χ1) is 7.52. The normalized spacial score (nSPS) is 35.0. The molecular weight excluding hydrogens is 218 g/mol. The summed E-state index contributed by atoms with van der Waals surface area (Å²) in [5.41, 5.74) is 7.69. The highest BCUT2D eigenvalue weighted by Gasteiger charge is 2.38. The van der Waals surface area contributed by atoms with Crippen molar-refractivity contribution in [2.24, 2.45) is 17.6 Å². The molecule has 1 fully saturated rings. The fraction of sp³-hybridized carbons (Fsp3) is 0.571. The second-order valence-corrected chi connectivity index (χ2v) is 5.77. The summed E-state index contributed by atoms with van der Waals surface area (Å²) in [4.78, 5) is 0. The van der Waals surface area contributed by atoms with Crippen molar-refractivity contribution in [1.82, 2.24) is 0 Å². The maximum Gasteiger partial charge on any atom is 0.0438 e. The third kappa shape index (κ3) is 2.11. The van der Waals surface area contributed by atoms with E-state index in [1.54, 1.807) is 0 Å². The molecule has 1 nitrogen and oxygen atoms in total. The van der Waals surface area contributed by atoms with Crippen LogP contribution < -0.4 is 5.73 Å². The summed E-state index contributed by atoms with van der Waals surface area (Å²) in [6.45, 7) is 4.56. The molecule has 0 amide bonds. The average molecular weight is 238 g/mol. The van der Waals surface area contributed by atoms with Crippen LogP contribution in [0.3, 0.4) is 0 Å². The topological polar surface area (TPSA) is 26.0 Å². The first-order valence-electron chi connectivity index (χ1n) is 6.07. The van der Waals surface area contributed by atoms with E-state index in [-0.39, 0.29) is 5.54 Å². The van der Waals surface area contributed by atoms with Crippen molar-refractivity contribution in [2.45, 2.75) is 38.6 Å². The predicted molar refractivity (Wildman–Crippen MR) is 69.5 cm³/mol. The van der Waals surface area contributed by atoms with Gasteiger partial charge in [-0.25, -0.2) is 0 Å². The molecule has 1 aromatic carbocycles. The van der Waals surface area contributed by atoms with Gasteiger partial charge in [-0.05, 0) is 42.4 Å². The molecule has 0 heterocycles. The van der Waals surface area contributed by atoms with Crippen molar-refractivity contribution in [3.8, 4) is 0 Å². The van der Waals surface area contributed by atoms with Crippen LogP contribution in [0.25, 0.3) is 0 Å². The Morgan fingerprint density at radius 3 is 2.44 bits per heavy atom. The number of benzene rings is 1. The lowest BCUT2D eigenvalue weighted by atomic mass is 9.67. The van der Waals surface area contributed by atoms with Crippen molar-refractivity contribution in [3.63, 3.8) is 0 Å². The minimum atomic E-state index is -0.164. The number of hydrogen-bond acceptors (Lipinski definition) is 1. The van der Waals surface area contributed by atoms with Gasteiger partial charge in [0.25, 0.3) is 0 Å². The summed E-state index contributed by atoms with van der Waals surface area (Å²) >= 11 is 5.92. The van der Waals surface area contributed by atoms with E-state index in [1.165, 1.54) is 18.4 Å². The Morgan fingerprint density at radius 1 is 1.19 bits per heavy atom. The molecule has 1 aliphatic rings. The van der Waals surface area contributed by atoms with E-state index in [2.05, 4.69) is 26.0 Å². The highest BCUT2D eigenvalue weighted by Crippen LogP contribution is 2.42. The van der Waals surface area contributed by atoms with Gasteiger partial charge in [0.05, 0.1) is 0 Å². The SMILES string of the molecule is CC1CCC(C)C(N)(c2ccc(Cl)cc2)C1. The summed E-state index contributed by atoms with van der Waals surface area (Å²) in [6.07, 6.45) is 3.60. The minimum absolute atomic E-state index is 0.164. The zero-order chi connectivity index (χ0) is 11.8. The lowest BCUT2D eigenvalue weighted by molar-refractivity contribution is 0.162. The molecule has 3 unspecified atom stereocenters. The van der Waals surface area contributed by atoms with Crippen molar-refractivity contribution >= 4 is 11.6 Å². The third-order valence-corrected chi connectivity index (χ3v) is 4.29. The number of rotatable bonds is 1. The second kappa shape index (κ2) is 4.38. The first kappa shape index (κ1) is 11.9. The summed E-state index contributed by atoms with van der Waals surface area (Å²) in [6, 6.07) is 8.04. The largest absolute Gasteiger partial charge is 0.321 e. The third-order valence-electron chi connectivity index (χ3n) is 4.04. The summed E-state index contributed by atoms with van der Waals surface area (Å²) < 4.78 is 0. The molecule has 88 valence electrons. The standard InChI is InChI=1S/C14H20ClN/c1-10-3-4-11(2)14(16,9-10)12-5-7-13(15)8-6-12/h5-8,10-11H,3-4,9,16H2,1-2H3. The minimum Gasteiger partial charge on any atom is -0.321 e. The molecule has 0 radical (unpaired) electrons.